The average Bonchev–Trinajstić information content (AvgIpc) is 3.02. The number of rotatable bonds is 3. The van der Waals surface area contributed by atoms with Crippen LogP contribution in [0, 0.1) is 13.8 Å². The predicted octanol–water partition coefficient (Wildman–Crippen LogP) is 4.94. The molecule has 2 heterocycles. The van der Waals surface area contributed by atoms with Crippen LogP contribution < -0.4 is 14.8 Å². The molecule has 3 aromatic rings. The highest BCUT2D eigenvalue weighted by Gasteiger charge is 2.14. The zero-order valence-corrected chi connectivity index (χ0v) is 14.4. The summed E-state index contributed by atoms with van der Waals surface area (Å²) in [4.78, 5) is 4.70. The van der Waals surface area contributed by atoms with E-state index in [2.05, 4.69) is 42.7 Å². The van der Waals surface area contributed by atoms with E-state index >= 15 is 0 Å². The first-order valence-corrected chi connectivity index (χ1v) is 8.76. The molecule has 0 saturated heterocycles. The maximum atomic E-state index is 5.65. The van der Waals surface area contributed by atoms with Gasteiger partial charge in [0.1, 0.15) is 13.2 Å². The van der Waals surface area contributed by atoms with Gasteiger partial charge in [-0.2, -0.15) is 0 Å². The summed E-state index contributed by atoms with van der Waals surface area (Å²) < 4.78 is 11.2. The van der Waals surface area contributed by atoms with Crippen molar-refractivity contribution in [3.63, 3.8) is 0 Å². The molecule has 0 unspecified atom stereocenters. The second kappa shape index (κ2) is 6.17. The number of ether oxygens (including phenoxy) is 2. The fourth-order valence-electron chi connectivity index (χ4n) is 2.84. The Morgan fingerprint density at radius 2 is 1.71 bits per heavy atom. The molecular weight excluding hydrogens is 320 g/mol. The van der Waals surface area contributed by atoms with Crippen LogP contribution in [0.4, 0.5) is 10.8 Å². The molecule has 0 radical (unpaired) electrons. The van der Waals surface area contributed by atoms with Crippen LogP contribution in [0.5, 0.6) is 11.5 Å². The third kappa shape index (κ3) is 3.08. The maximum absolute atomic E-state index is 5.65. The molecule has 0 atom stereocenters. The number of nitrogens with one attached hydrogen (secondary N) is 1. The van der Waals surface area contributed by atoms with Gasteiger partial charge in [0.2, 0.25) is 0 Å². The summed E-state index contributed by atoms with van der Waals surface area (Å²) in [6.45, 7) is 5.39. The molecule has 2 aromatic carbocycles. The Morgan fingerprint density at radius 1 is 0.958 bits per heavy atom. The van der Waals surface area contributed by atoms with Gasteiger partial charge in [0, 0.05) is 16.6 Å². The van der Waals surface area contributed by atoms with E-state index in [4.69, 9.17) is 14.5 Å². The number of thiazole rings is 1. The number of aromatic nitrogens is 1. The zero-order valence-electron chi connectivity index (χ0n) is 13.6. The van der Waals surface area contributed by atoms with Crippen molar-refractivity contribution >= 4 is 22.2 Å². The Morgan fingerprint density at radius 3 is 2.50 bits per heavy atom. The SMILES string of the molecule is Cc1cc(C)cc(Nc2nc(-c3ccc4c(c3)OCCO4)cs2)c1. The Hall–Kier alpha value is -2.53. The van der Waals surface area contributed by atoms with E-state index in [1.54, 1.807) is 11.3 Å². The molecule has 0 saturated carbocycles. The van der Waals surface area contributed by atoms with E-state index in [-0.39, 0.29) is 0 Å². The lowest BCUT2D eigenvalue weighted by molar-refractivity contribution is 0.171. The van der Waals surface area contributed by atoms with Crippen LogP contribution in [-0.4, -0.2) is 18.2 Å². The molecule has 5 heteroatoms. The van der Waals surface area contributed by atoms with E-state index in [1.807, 2.05) is 18.2 Å². The fraction of sp³-hybridized carbons (Fsp3) is 0.211. The molecule has 4 rings (SSSR count). The van der Waals surface area contributed by atoms with Crippen LogP contribution in [0.25, 0.3) is 11.3 Å². The van der Waals surface area contributed by atoms with E-state index in [9.17, 15) is 0 Å². The van der Waals surface area contributed by atoms with Crippen molar-refractivity contribution in [2.75, 3.05) is 18.5 Å². The smallest absolute Gasteiger partial charge is 0.187 e. The molecule has 1 aliphatic rings. The summed E-state index contributed by atoms with van der Waals surface area (Å²) in [6, 6.07) is 12.4. The van der Waals surface area contributed by atoms with Crippen LogP contribution in [0.2, 0.25) is 0 Å². The summed E-state index contributed by atoms with van der Waals surface area (Å²) in [7, 11) is 0. The molecule has 0 spiro atoms. The Balaban J connectivity index is 1.58. The normalized spacial score (nSPS) is 12.9. The molecule has 0 amide bonds. The van der Waals surface area contributed by atoms with Gasteiger partial charge in [-0.3, -0.25) is 0 Å². The van der Waals surface area contributed by atoms with Crippen LogP contribution >= 0.6 is 11.3 Å². The number of anilines is 2. The minimum Gasteiger partial charge on any atom is -0.486 e. The van der Waals surface area contributed by atoms with E-state index < -0.39 is 0 Å². The van der Waals surface area contributed by atoms with Gasteiger partial charge in [0.15, 0.2) is 16.6 Å². The van der Waals surface area contributed by atoms with Crippen molar-refractivity contribution in [3.05, 3.63) is 52.9 Å². The summed E-state index contributed by atoms with van der Waals surface area (Å²) in [5.41, 5.74) is 5.51. The summed E-state index contributed by atoms with van der Waals surface area (Å²) in [5.74, 6) is 1.59. The van der Waals surface area contributed by atoms with Crippen molar-refractivity contribution in [2.24, 2.45) is 0 Å². The van der Waals surface area contributed by atoms with Crippen LogP contribution in [-0.2, 0) is 0 Å². The van der Waals surface area contributed by atoms with E-state index in [1.165, 1.54) is 11.1 Å². The van der Waals surface area contributed by atoms with Gasteiger partial charge >= 0.3 is 0 Å². The van der Waals surface area contributed by atoms with Crippen molar-refractivity contribution in [1.29, 1.82) is 0 Å². The molecule has 1 aromatic heterocycles. The van der Waals surface area contributed by atoms with Gasteiger partial charge in [-0.25, -0.2) is 4.98 Å². The molecule has 1 N–H and O–H groups in total. The first-order valence-electron chi connectivity index (χ1n) is 7.88. The molecule has 4 nitrogen and oxygen atoms in total. The molecule has 24 heavy (non-hydrogen) atoms. The van der Waals surface area contributed by atoms with Crippen molar-refractivity contribution in [3.8, 4) is 22.8 Å². The minimum absolute atomic E-state index is 0.590. The number of hydrogen-bond donors (Lipinski definition) is 1. The number of nitrogens with zero attached hydrogens (tertiary/aromatic N) is 1. The summed E-state index contributed by atoms with van der Waals surface area (Å²) >= 11 is 1.59. The van der Waals surface area contributed by atoms with E-state index in [0.717, 1.165) is 33.6 Å². The van der Waals surface area contributed by atoms with Gasteiger partial charge in [-0.05, 0) is 55.3 Å². The fourth-order valence-corrected chi connectivity index (χ4v) is 3.58. The molecule has 0 fully saturated rings. The second-order valence-corrected chi connectivity index (χ2v) is 6.76. The third-order valence-corrected chi connectivity index (χ3v) is 4.57. The quantitative estimate of drug-likeness (QED) is 0.734. The summed E-state index contributed by atoms with van der Waals surface area (Å²) in [6.07, 6.45) is 0. The molecule has 0 aliphatic carbocycles. The highest BCUT2D eigenvalue weighted by molar-refractivity contribution is 7.14. The van der Waals surface area contributed by atoms with E-state index in [0.29, 0.717) is 13.2 Å². The molecule has 0 bridgehead atoms. The lowest BCUT2D eigenvalue weighted by atomic mass is 10.1. The minimum atomic E-state index is 0.590. The number of hydrogen-bond acceptors (Lipinski definition) is 5. The Labute approximate surface area is 145 Å². The first-order chi connectivity index (χ1) is 11.7. The van der Waals surface area contributed by atoms with Crippen molar-refractivity contribution < 1.29 is 9.47 Å². The first kappa shape index (κ1) is 15.0. The summed E-state index contributed by atoms with van der Waals surface area (Å²) in [5, 5.41) is 6.32. The van der Waals surface area contributed by atoms with Gasteiger partial charge in [0.05, 0.1) is 5.69 Å². The topological polar surface area (TPSA) is 43.4 Å². The van der Waals surface area contributed by atoms with Crippen molar-refractivity contribution in [1.82, 2.24) is 4.98 Å². The molecular formula is C19H18N2O2S. The Kier molecular flexibility index (Phi) is 3.86. The lowest BCUT2D eigenvalue weighted by Crippen LogP contribution is -2.15. The predicted molar refractivity (Wildman–Crippen MR) is 97.7 cm³/mol. The number of benzene rings is 2. The monoisotopic (exact) mass is 338 g/mol. The molecule has 1 aliphatic heterocycles. The third-order valence-electron chi connectivity index (χ3n) is 3.82. The standard InChI is InChI=1S/C19H18N2O2S/c1-12-7-13(2)9-15(8-12)20-19-21-16(11-24-19)14-3-4-17-18(10-14)23-6-5-22-17/h3-4,7-11H,5-6H2,1-2H3,(H,20,21). The van der Waals surface area contributed by atoms with Crippen molar-refractivity contribution in [2.45, 2.75) is 13.8 Å². The average molecular weight is 338 g/mol. The van der Waals surface area contributed by atoms with Gasteiger partial charge in [0.25, 0.3) is 0 Å². The highest BCUT2D eigenvalue weighted by Crippen LogP contribution is 2.35. The van der Waals surface area contributed by atoms with Gasteiger partial charge in [-0.1, -0.05) is 6.07 Å². The van der Waals surface area contributed by atoms with Crippen LogP contribution in [0.1, 0.15) is 11.1 Å². The largest absolute Gasteiger partial charge is 0.486 e. The second-order valence-electron chi connectivity index (χ2n) is 5.90. The Bertz CT molecular complexity index is 869. The van der Waals surface area contributed by atoms with Gasteiger partial charge in [-0.15, -0.1) is 11.3 Å². The number of fused-ring (bicyclic) bond motifs is 1. The van der Waals surface area contributed by atoms with Crippen LogP contribution in [0.3, 0.4) is 0 Å². The van der Waals surface area contributed by atoms with Gasteiger partial charge < -0.3 is 14.8 Å². The lowest BCUT2D eigenvalue weighted by Gasteiger charge is -2.18. The molecule has 122 valence electrons. The highest BCUT2D eigenvalue weighted by atomic mass is 32.1. The van der Waals surface area contributed by atoms with Crippen LogP contribution in [0.15, 0.2) is 41.8 Å². The maximum Gasteiger partial charge on any atom is 0.187 e. The number of aryl methyl sites for hydroxylation is 2. The zero-order chi connectivity index (χ0) is 16.5.